The number of rotatable bonds is 3. The Morgan fingerprint density at radius 1 is 1.15 bits per heavy atom. The summed E-state index contributed by atoms with van der Waals surface area (Å²) >= 11 is 1.36. The topological polar surface area (TPSA) is 75.3 Å². The van der Waals surface area contributed by atoms with Gasteiger partial charge >= 0.3 is 5.97 Å². The second-order valence-corrected chi connectivity index (χ2v) is 8.15. The van der Waals surface area contributed by atoms with Gasteiger partial charge in [-0.05, 0) is 18.4 Å². The van der Waals surface area contributed by atoms with E-state index in [0.29, 0.717) is 10.7 Å². The number of fused-ring (bicyclic) bond motifs is 5. The van der Waals surface area contributed by atoms with Crippen molar-refractivity contribution in [2.45, 2.75) is 35.4 Å². The van der Waals surface area contributed by atoms with Gasteiger partial charge in [0, 0.05) is 11.1 Å². The Morgan fingerprint density at radius 3 is 2.67 bits per heavy atom. The van der Waals surface area contributed by atoms with Crippen molar-refractivity contribution in [2.75, 3.05) is 0 Å². The number of thioether (sulfide) groups is 1. The van der Waals surface area contributed by atoms with E-state index in [0.717, 1.165) is 29.8 Å². The molecule has 0 spiro atoms. The molecule has 0 amide bonds. The summed E-state index contributed by atoms with van der Waals surface area (Å²) in [5.41, 5.74) is 3.42. The standard InChI is InChI=1S/C21H18N2O3S/c24-18(25)12-17-21(26,14-7-2-1-3-8-14)23-19-15-9-5-4-6-13(15)10-11-16(19)22-20(23)27-17/h1-9,17,26H,10-12H2,(H,24,25)/t17-,21-/m0/s1. The molecule has 0 bridgehead atoms. The number of carbonyl (C=O) groups is 1. The molecule has 5 rings (SSSR count). The molecule has 2 aliphatic rings. The number of aliphatic hydroxyl groups is 1. The van der Waals surface area contributed by atoms with E-state index in [2.05, 4.69) is 12.1 Å². The first-order valence-corrected chi connectivity index (χ1v) is 9.83. The number of hydrogen-bond donors (Lipinski definition) is 2. The summed E-state index contributed by atoms with van der Waals surface area (Å²) in [5, 5.41) is 21.5. The fourth-order valence-corrected chi connectivity index (χ4v) is 5.59. The molecule has 2 aromatic carbocycles. The number of carboxylic acid groups (broad SMARTS) is 1. The molecule has 1 aliphatic carbocycles. The van der Waals surface area contributed by atoms with Gasteiger partial charge in [-0.25, -0.2) is 4.98 Å². The first kappa shape index (κ1) is 16.6. The summed E-state index contributed by atoms with van der Waals surface area (Å²) in [5.74, 6) is -0.929. The van der Waals surface area contributed by atoms with Crippen LogP contribution in [0.25, 0.3) is 11.3 Å². The molecular weight excluding hydrogens is 360 g/mol. The van der Waals surface area contributed by atoms with E-state index in [1.165, 1.54) is 17.3 Å². The Bertz CT molecular complexity index is 1050. The van der Waals surface area contributed by atoms with Crippen LogP contribution in [-0.2, 0) is 23.4 Å². The van der Waals surface area contributed by atoms with Crippen molar-refractivity contribution >= 4 is 17.7 Å². The fraction of sp³-hybridized carbons (Fsp3) is 0.238. The van der Waals surface area contributed by atoms with Gasteiger partial charge in [-0.2, -0.15) is 0 Å². The van der Waals surface area contributed by atoms with Crippen LogP contribution in [0.1, 0.15) is 23.2 Å². The van der Waals surface area contributed by atoms with Gasteiger partial charge in [-0.1, -0.05) is 66.4 Å². The first-order chi connectivity index (χ1) is 13.1. The van der Waals surface area contributed by atoms with Gasteiger partial charge in [0.25, 0.3) is 0 Å². The van der Waals surface area contributed by atoms with E-state index in [1.54, 1.807) is 0 Å². The minimum Gasteiger partial charge on any atom is -0.481 e. The van der Waals surface area contributed by atoms with Gasteiger partial charge < -0.3 is 10.2 Å². The maximum atomic E-state index is 11.9. The summed E-state index contributed by atoms with van der Waals surface area (Å²) in [6, 6.07) is 17.5. The summed E-state index contributed by atoms with van der Waals surface area (Å²) in [7, 11) is 0. The molecule has 0 fully saturated rings. The minimum atomic E-state index is -1.45. The van der Waals surface area contributed by atoms with Gasteiger partial charge in [0.2, 0.25) is 0 Å². The zero-order valence-corrected chi connectivity index (χ0v) is 15.3. The summed E-state index contributed by atoms with van der Waals surface area (Å²) in [6.07, 6.45) is 1.60. The minimum absolute atomic E-state index is 0.143. The number of benzene rings is 2. The molecule has 2 atom stereocenters. The lowest BCUT2D eigenvalue weighted by atomic mass is 9.90. The van der Waals surface area contributed by atoms with Crippen molar-refractivity contribution in [3.63, 3.8) is 0 Å². The number of hydrogen-bond acceptors (Lipinski definition) is 4. The Kier molecular flexibility index (Phi) is 3.67. The van der Waals surface area contributed by atoms with Crippen molar-refractivity contribution in [3.8, 4) is 11.3 Å². The molecule has 5 nitrogen and oxygen atoms in total. The molecule has 0 radical (unpaired) electrons. The summed E-state index contributed by atoms with van der Waals surface area (Å²) in [6.45, 7) is 0. The van der Waals surface area contributed by atoms with Crippen LogP contribution in [0, 0.1) is 0 Å². The summed E-state index contributed by atoms with van der Waals surface area (Å²) < 4.78 is 1.87. The SMILES string of the molecule is O=C(O)C[C@@H]1Sc2nc3c(n2[C@]1(O)c1ccccc1)-c1ccccc1CC3. The average Bonchev–Trinajstić information content (AvgIpc) is 3.17. The van der Waals surface area contributed by atoms with E-state index in [-0.39, 0.29) is 6.42 Å². The van der Waals surface area contributed by atoms with E-state index >= 15 is 0 Å². The van der Waals surface area contributed by atoms with Crippen LogP contribution in [-0.4, -0.2) is 31.0 Å². The van der Waals surface area contributed by atoms with Crippen LogP contribution < -0.4 is 0 Å². The fourth-order valence-electron chi connectivity index (χ4n) is 4.21. The molecule has 3 aromatic rings. The lowest BCUT2D eigenvalue weighted by Crippen LogP contribution is -2.42. The lowest BCUT2D eigenvalue weighted by molar-refractivity contribution is -0.138. The van der Waals surface area contributed by atoms with Crippen LogP contribution in [0.2, 0.25) is 0 Å². The molecule has 6 heteroatoms. The van der Waals surface area contributed by atoms with E-state index < -0.39 is 16.9 Å². The quantitative estimate of drug-likeness (QED) is 0.731. The molecule has 1 aliphatic heterocycles. The third-order valence-corrected chi connectivity index (χ3v) is 6.68. The zero-order chi connectivity index (χ0) is 18.6. The highest BCUT2D eigenvalue weighted by Gasteiger charge is 2.51. The van der Waals surface area contributed by atoms with E-state index in [1.807, 2.05) is 47.0 Å². The van der Waals surface area contributed by atoms with Crippen LogP contribution in [0.4, 0.5) is 0 Å². The van der Waals surface area contributed by atoms with Crippen LogP contribution in [0.15, 0.2) is 59.8 Å². The smallest absolute Gasteiger partial charge is 0.304 e. The average molecular weight is 378 g/mol. The van der Waals surface area contributed by atoms with Gasteiger partial charge in [0.05, 0.1) is 23.1 Å². The van der Waals surface area contributed by atoms with Crippen LogP contribution in [0.5, 0.6) is 0 Å². The highest BCUT2D eigenvalue weighted by Crippen LogP contribution is 2.52. The third kappa shape index (κ3) is 2.37. The molecule has 0 saturated heterocycles. The summed E-state index contributed by atoms with van der Waals surface area (Å²) in [4.78, 5) is 16.3. The zero-order valence-electron chi connectivity index (χ0n) is 14.5. The van der Waals surface area contributed by atoms with E-state index in [9.17, 15) is 15.0 Å². The lowest BCUT2D eigenvalue weighted by Gasteiger charge is -2.33. The Balaban J connectivity index is 1.77. The maximum Gasteiger partial charge on any atom is 0.304 e. The molecule has 0 unspecified atom stereocenters. The van der Waals surface area contributed by atoms with Gasteiger partial charge in [0.15, 0.2) is 10.9 Å². The van der Waals surface area contributed by atoms with Crippen molar-refractivity contribution < 1.29 is 15.0 Å². The predicted octanol–water partition coefficient (Wildman–Crippen LogP) is 3.29. The van der Waals surface area contributed by atoms with Crippen molar-refractivity contribution in [1.29, 1.82) is 0 Å². The number of aromatic nitrogens is 2. The van der Waals surface area contributed by atoms with E-state index in [4.69, 9.17) is 4.98 Å². The van der Waals surface area contributed by atoms with Gasteiger partial charge in [-0.3, -0.25) is 9.36 Å². The molecular formula is C21H18N2O3S. The Hall–Kier alpha value is -2.57. The molecule has 0 saturated carbocycles. The van der Waals surface area contributed by atoms with Crippen molar-refractivity contribution in [3.05, 3.63) is 71.4 Å². The molecule has 136 valence electrons. The van der Waals surface area contributed by atoms with Crippen molar-refractivity contribution in [2.24, 2.45) is 0 Å². The second-order valence-electron chi connectivity index (χ2n) is 6.98. The molecule has 2 heterocycles. The number of nitrogens with zero attached hydrogens (tertiary/aromatic N) is 2. The molecule has 27 heavy (non-hydrogen) atoms. The number of aliphatic carboxylic acids is 1. The normalized spacial score (nSPS) is 22.8. The number of carboxylic acids is 1. The van der Waals surface area contributed by atoms with Crippen molar-refractivity contribution in [1.82, 2.24) is 9.55 Å². The van der Waals surface area contributed by atoms with Gasteiger partial charge in [0.1, 0.15) is 0 Å². The first-order valence-electron chi connectivity index (χ1n) is 8.95. The number of aryl methyl sites for hydroxylation is 2. The monoisotopic (exact) mass is 378 g/mol. The molecule has 2 N–H and O–H groups in total. The van der Waals surface area contributed by atoms with Gasteiger partial charge in [-0.15, -0.1) is 0 Å². The third-order valence-electron chi connectivity index (χ3n) is 5.42. The second kappa shape index (κ2) is 5.97. The highest BCUT2D eigenvalue weighted by atomic mass is 32.2. The maximum absolute atomic E-state index is 11.9. The Labute approximate surface area is 160 Å². The van der Waals surface area contributed by atoms with Crippen LogP contribution in [0.3, 0.4) is 0 Å². The van der Waals surface area contributed by atoms with Crippen LogP contribution >= 0.6 is 11.8 Å². The largest absolute Gasteiger partial charge is 0.481 e. The Morgan fingerprint density at radius 2 is 1.89 bits per heavy atom. The highest BCUT2D eigenvalue weighted by molar-refractivity contribution is 8.00. The number of imidazole rings is 1. The predicted molar refractivity (Wildman–Crippen MR) is 103 cm³/mol. The molecule has 1 aromatic heterocycles.